The monoisotopic (exact) mass is 491 g/mol. The highest BCUT2D eigenvalue weighted by molar-refractivity contribution is 7.99. The molecule has 2 N–H and O–H groups in total. The molecular weight excluding hydrogens is 469 g/mol. The van der Waals surface area contributed by atoms with E-state index in [-0.39, 0.29) is 30.2 Å². The van der Waals surface area contributed by atoms with Gasteiger partial charge in [0, 0.05) is 12.1 Å². The van der Waals surface area contributed by atoms with Crippen LogP contribution in [0.5, 0.6) is 0 Å². The van der Waals surface area contributed by atoms with E-state index in [0.29, 0.717) is 33.1 Å². The van der Waals surface area contributed by atoms with Crippen molar-refractivity contribution in [2.75, 3.05) is 5.75 Å². The average molecular weight is 492 g/mol. The van der Waals surface area contributed by atoms with Crippen LogP contribution < -0.4 is 10.6 Å². The number of carbonyl (C=O) groups excluding carboxylic acids is 2. The van der Waals surface area contributed by atoms with E-state index in [2.05, 4.69) is 20.8 Å². The summed E-state index contributed by atoms with van der Waals surface area (Å²) in [6.07, 6.45) is 0. The molecule has 0 radical (unpaired) electrons. The summed E-state index contributed by atoms with van der Waals surface area (Å²) in [5, 5.41) is 15.5. The summed E-state index contributed by atoms with van der Waals surface area (Å²) in [5.41, 5.74) is 1.45. The molecule has 32 heavy (non-hydrogen) atoms. The first-order valence-corrected chi connectivity index (χ1v) is 11.8. The second kappa shape index (κ2) is 11.4. The smallest absolute Gasteiger partial charge is 0.251 e. The van der Waals surface area contributed by atoms with Crippen molar-refractivity contribution in [1.29, 1.82) is 0 Å². The van der Waals surface area contributed by atoms with Crippen molar-refractivity contribution in [3.63, 3.8) is 0 Å². The number of rotatable bonds is 9. The maximum atomic E-state index is 12.4. The Morgan fingerprint density at radius 1 is 1.09 bits per heavy atom. The van der Waals surface area contributed by atoms with Gasteiger partial charge in [0.15, 0.2) is 11.0 Å². The van der Waals surface area contributed by atoms with Crippen LogP contribution in [0, 0.1) is 0 Å². The number of amides is 2. The van der Waals surface area contributed by atoms with Crippen LogP contribution in [0.15, 0.2) is 53.7 Å². The van der Waals surface area contributed by atoms with Gasteiger partial charge in [0.05, 0.1) is 28.4 Å². The highest BCUT2D eigenvalue weighted by Crippen LogP contribution is 2.23. The molecule has 2 amide bonds. The van der Waals surface area contributed by atoms with Gasteiger partial charge in [-0.05, 0) is 37.6 Å². The van der Waals surface area contributed by atoms with Crippen LogP contribution in [0.25, 0.3) is 0 Å². The maximum Gasteiger partial charge on any atom is 0.251 e. The SMILES string of the molecule is CCn1c(CNC(=O)c2ccc(Cl)c(Cl)c2)nnc1SCC(=O)N[C@H](C)c1ccccc1. The van der Waals surface area contributed by atoms with E-state index in [4.69, 9.17) is 23.2 Å². The van der Waals surface area contributed by atoms with Gasteiger partial charge in [-0.3, -0.25) is 9.59 Å². The zero-order chi connectivity index (χ0) is 23.1. The molecule has 0 fully saturated rings. The molecule has 0 saturated carbocycles. The van der Waals surface area contributed by atoms with Gasteiger partial charge in [0.2, 0.25) is 5.91 Å². The first-order valence-electron chi connectivity index (χ1n) is 10.0. The van der Waals surface area contributed by atoms with Gasteiger partial charge >= 0.3 is 0 Å². The molecule has 0 unspecified atom stereocenters. The minimum Gasteiger partial charge on any atom is -0.349 e. The summed E-state index contributed by atoms with van der Waals surface area (Å²) >= 11 is 13.2. The van der Waals surface area contributed by atoms with Crippen molar-refractivity contribution in [2.45, 2.75) is 38.1 Å². The normalized spacial score (nSPS) is 11.8. The van der Waals surface area contributed by atoms with Crippen molar-refractivity contribution in [1.82, 2.24) is 25.4 Å². The fourth-order valence-electron chi connectivity index (χ4n) is 3.01. The number of halogens is 2. The molecule has 3 rings (SSSR count). The van der Waals surface area contributed by atoms with Gasteiger partial charge in [-0.25, -0.2) is 0 Å². The number of carbonyl (C=O) groups is 2. The van der Waals surface area contributed by atoms with Gasteiger partial charge in [0.1, 0.15) is 0 Å². The topological polar surface area (TPSA) is 88.9 Å². The molecule has 0 aliphatic heterocycles. The van der Waals surface area contributed by atoms with Crippen molar-refractivity contribution in [3.8, 4) is 0 Å². The molecule has 0 bridgehead atoms. The molecular formula is C22H23Cl2N5O2S. The molecule has 1 heterocycles. The first-order chi connectivity index (χ1) is 15.4. The summed E-state index contributed by atoms with van der Waals surface area (Å²) in [4.78, 5) is 24.8. The lowest BCUT2D eigenvalue weighted by Gasteiger charge is -2.14. The van der Waals surface area contributed by atoms with Crippen LogP contribution in [-0.4, -0.2) is 32.3 Å². The quantitative estimate of drug-likeness (QED) is 0.430. The molecule has 0 aliphatic carbocycles. The Hall–Kier alpha value is -2.55. The van der Waals surface area contributed by atoms with Crippen molar-refractivity contribution >= 4 is 46.8 Å². The number of hydrogen-bond acceptors (Lipinski definition) is 5. The lowest BCUT2D eigenvalue weighted by Crippen LogP contribution is -2.28. The van der Waals surface area contributed by atoms with E-state index < -0.39 is 0 Å². The van der Waals surface area contributed by atoms with Crippen LogP contribution in [0.1, 0.15) is 41.6 Å². The molecule has 0 spiro atoms. The Morgan fingerprint density at radius 3 is 2.53 bits per heavy atom. The van der Waals surface area contributed by atoms with Gasteiger partial charge in [-0.2, -0.15) is 0 Å². The van der Waals surface area contributed by atoms with E-state index in [9.17, 15) is 9.59 Å². The Bertz CT molecular complexity index is 1090. The number of benzene rings is 2. The molecule has 1 aromatic heterocycles. The number of nitrogens with zero attached hydrogens (tertiary/aromatic N) is 3. The highest BCUT2D eigenvalue weighted by atomic mass is 35.5. The lowest BCUT2D eigenvalue weighted by molar-refractivity contribution is -0.119. The number of hydrogen-bond donors (Lipinski definition) is 2. The molecule has 2 aromatic carbocycles. The summed E-state index contributed by atoms with van der Waals surface area (Å²) in [6, 6.07) is 14.4. The molecule has 7 nitrogen and oxygen atoms in total. The summed E-state index contributed by atoms with van der Waals surface area (Å²) < 4.78 is 1.87. The van der Waals surface area contributed by atoms with Crippen LogP contribution in [-0.2, 0) is 17.9 Å². The fraction of sp³-hybridized carbons (Fsp3) is 0.273. The molecule has 10 heteroatoms. The van der Waals surface area contributed by atoms with Gasteiger partial charge in [0.25, 0.3) is 5.91 Å². The van der Waals surface area contributed by atoms with E-state index in [1.807, 2.05) is 48.7 Å². The second-order valence-corrected chi connectivity index (χ2v) is 8.70. The van der Waals surface area contributed by atoms with E-state index in [1.165, 1.54) is 17.8 Å². The number of thioether (sulfide) groups is 1. The number of aromatic nitrogens is 3. The van der Waals surface area contributed by atoms with Crippen molar-refractivity contribution in [3.05, 3.63) is 75.5 Å². The van der Waals surface area contributed by atoms with Crippen LogP contribution >= 0.6 is 35.0 Å². The Kier molecular flexibility index (Phi) is 8.55. The van der Waals surface area contributed by atoms with Gasteiger partial charge < -0.3 is 15.2 Å². The molecule has 0 saturated heterocycles. The van der Waals surface area contributed by atoms with E-state index in [1.54, 1.807) is 12.1 Å². The number of nitrogens with one attached hydrogen (secondary N) is 2. The Morgan fingerprint density at radius 2 is 1.84 bits per heavy atom. The third-order valence-electron chi connectivity index (χ3n) is 4.71. The first kappa shape index (κ1) is 24.1. The van der Waals surface area contributed by atoms with Crippen LogP contribution in [0.4, 0.5) is 0 Å². The predicted molar refractivity (Wildman–Crippen MR) is 127 cm³/mol. The highest BCUT2D eigenvalue weighted by Gasteiger charge is 2.16. The minimum atomic E-state index is -0.294. The largest absolute Gasteiger partial charge is 0.349 e. The van der Waals surface area contributed by atoms with E-state index >= 15 is 0 Å². The minimum absolute atomic E-state index is 0.0829. The summed E-state index contributed by atoms with van der Waals surface area (Å²) in [6.45, 7) is 4.70. The lowest BCUT2D eigenvalue weighted by atomic mass is 10.1. The fourth-order valence-corrected chi connectivity index (χ4v) is 4.14. The molecule has 0 aliphatic rings. The second-order valence-electron chi connectivity index (χ2n) is 6.94. The molecule has 3 aromatic rings. The van der Waals surface area contributed by atoms with Gasteiger partial charge in [-0.1, -0.05) is 65.3 Å². The third kappa shape index (κ3) is 6.25. The molecule has 168 valence electrons. The predicted octanol–water partition coefficient (Wildman–Crippen LogP) is 4.50. The summed E-state index contributed by atoms with van der Waals surface area (Å²) in [5.74, 6) is 0.427. The summed E-state index contributed by atoms with van der Waals surface area (Å²) in [7, 11) is 0. The van der Waals surface area contributed by atoms with Crippen LogP contribution in [0.2, 0.25) is 10.0 Å². The standard InChI is InChI=1S/C22H23Cl2N5O2S/c1-3-29-19(12-25-21(31)16-9-10-17(23)18(24)11-16)27-28-22(29)32-13-20(30)26-14(2)15-7-5-4-6-8-15/h4-11,14H,3,12-13H2,1-2H3,(H,25,31)(H,26,30)/t14-/m1/s1. The zero-order valence-corrected chi connectivity index (χ0v) is 20.0. The van der Waals surface area contributed by atoms with Crippen molar-refractivity contribution in [2.24, 2.45) is 0 Å². The van der Waals surface area contributed by atoms with Crippen LogP contribution in [0.3, 0.4) is 0 Å². The maximum absolute atomic E-state index is 12.4. The Labute approximate surface area is 200 Å². The van der Waals surface area contributed by atoms with Crippen molar-refractivity contribution < 1.29 is 9.59 Å². The third-order valence-corrected chi connectivity index (χ3v) is 6.41. The average Bonchev–Trinajstić information content (AvgIpc) is 3.20. The molecule has 1 atom stereocenters. The zero-order valence-electron chi connectivity index (χ0n) is 17.6. The van der Waals surface area contributed by atoms with Gasteiger partial charge in [-0.15, -0.1) is 10.2 Å². The Balaban J connectivity index is 1.55. The van der Waals surface area contributed by atoms with E-state index in [0.717, 1.165) is 5.56 Å².